The molecule has 0 aliphatic heterocycles. The zero-order valence-corrected chi connectivity index (χ0v) is 18.2. The fraction of sp³-hybridized carbons (Fsp3) is 0.444. The third-order valence-corrected chi connectivity index (χ3v) is 4.63. The van der Waals surface area contributed by atoms with E-state index in [1.807, 2.05) is 18.3 Å². The van der Waals surface area contributed by atoms with Crippen LogP contribution in [0.25, 0.3) is 0 Å². The summed E-state index contributed by atoms with van der Waals surface area (Å²) in [5.74, 6) is 1.72. The van der Waals surface area contributed by atoms with Crippen LogP contribution in [-0.2, 0) is 19.4 Å². The molecule has 138 valence electrons. The van der Waals surface area contributed by atoms with Crippen LogP contribution in [-0.4, -0.2) is 31.1 Å². The Morgan fingerprint density at radius 2 is 2.12 bits per heavy atom. The summed E-state index contributed by atoms with van der Waals surface area (Å²) in [5, 5.41) is 7.70. The lowest BCUT2D eigenvalue weighted by Gasteiger charge is -2.11. The molecule has 25 heavy (non-hydrogen) atoms. The number of hydrogen-bond acceptors (Lipinski definition) is 4. The molecule has 1 aromatic heterocycles. The Labute approximate surface area is 171 Å². The average Bonchev–Trinajstić information content (AvgIpc) is 3.08. The highest BCUT2D eigenvalue weighted by atomic mass is 127. The molecular weight excluding hydrogens is 447 g/mol. The molecule has 0 aliphatic rings. The van der Waals surface area contributed by atoms with Gasteiger partial charge in [0, 0.05) is 24.2 Å². The zero-order chi connectivity index (χ0) is 17.2. The lowest BCUT2D eigenvalue weighted by molar-refractivity contribution is 0.414. The molecule has 2 aromatic rings. The molecule has 5 nitrogen and oxygen atoms in total. The maximum Gasteiger partial charge on any atom is 0.191 e. The van der Waals surface area contributed by atoms with Gasteiger partial charge in [-0.2, -0.15) is 0 Å². The molecule has 0 saturated carbocycles. The van der Waals surface area contributed by atoms with E-state index in [2.05, 4.69) is 46.6 Å². The van der Waals surface area contributed by atoms with Gasteiger partial charge in [-0.1, -0.05) is 19.1 Å². The summed E-state index contributed by atoms with van der Waals surface area (Å²) >= 11 is 1.73. The third kappa shape index (κ3) is 7.60. The molecule has 0 bridgehead atoms. The van der Waals surface area contributed by atoms with Gasteiger partial charge < -0.3 is 15.4 Å². The number of nitrogens with one attached hydrogen (secondary N) is 2. The number of aliphatic imine (C=N–C) groups is 1. The van der Waals surface area contributed by atoms with Crippen LogP contribution < -0.4 is 15.4 Å². The Kier molecular flexibility index (Phi) is 10.5. The highest BCUT2D eigenvalue weighted by molar-refractivity contribution is 14.0. The van der Waals surface area contributed by atoms with Crippen LogP contribution in [0.5, 0.6) is 5.75 Å². The topological polar surface area (TPSA) is 58.5 Å². The van der Waals surface area contributed by atoms with Crippen molar-refractivity contribution in [2.75, 3.05) is 20.2 Å². The number of guanidine groups is 1. The minimum Gasteiger partial charge on any atom is -0.497 e. The Balaban J connectivity index is 0.00000312. The number of ether oxygens (including phenoxy) is 1. The van der Waals surface area contributed by atoms with E-state index in [0.29, 0.717) is 6.54 Å². The predicted molar refractivity (Wildman–Crippen MR) is 116 cm³/mol. The van der Waals surface area contributed by atoms with Crippen molar-refractivity contribution in [3.8, 4) is 5.75 Å². The van der Waals surface area contributed by atoms with Gasteiger partial charge in [0.05, 0.1) is 13.7 Å². The van der Waals surface area contributed by atoms with Crippen LogP contribution in [0.3, 0.4) is 0 Å². The highest BCUT2D eigenvalue weighted by Gasteiger charge is 2.02. The number of thiazole rings is 1. The fourth-order valence-electron chi connectivity index (χ4n) is 2.23. The summed E-state index contributed by atoms with van der Waals surface area (Å²) in [6.45, 7) is 6.47. The summed E-state index contributed by atoms with van der Waals surface area (Å²) in [4.78, 5) is 10.3. The summed E-state index contributed by atoms with van der Waals surface area (Å²) < 4.78 is 5.26. The lowest BCUT2D eigenvalue weighted by atomic mass is 10.1. The number of benzene rings is 1. The van der Waals surface area contributed by atoms with Crippen LogP contribution in [0.2, 0.25) is 0 Å². The number of nitrogens with zero attached hydrogens (tertiary/aromatic N) is 2. The van der Waals surface area contributed by atoms with Crippen molar-refractivity contribution in [2.45, 2.75) is 33.2 Å². The van der Waals surface area contributed by atoms with Crippen LogP contribution in [0.4, 0.5) is 0 Å². The van der Waals surface area contributed by atoms with Gasteiger partial charge in [0.25, 0.3) is 0 Å². The Morgan fingerprint density at radius 3 is 2.80 bits per heavy atom. The first-order chi connectivity index (χ1) is 11.7. The van der Waals surface area contributed by atoms with Crippen molar-refractivity contribution >= 4 is 41.3 Å². The van der Waals surface area contributed by atoms with E-state index in [9.17, 15) is 0 Å². The second kappa shape index (κ2) is 12.1. The van der Waals surface area contributed by atoms with Crippen LogP contribution in [0, 0.1) is 0 Å². The van der Waals surface area contributed by atoms with Crippen LogP contribution in [0.15, 0.2) is 35.5 Å². The molecule has 0 atom stereocenters. The van der Waals surface area contributed by atoms with Crippen molar-refractivity contribution in [3.63, 3.8) is 0 Å². The van der Waals surface area contributed by atoms with Crippen LogP contribution >= 0.6 is 35.3 Å². The van der Waals surface area contributed by atoms with E-state index >= 15 is 0 Å². The molecule has 0 fully saturated rings. The summed E-state index contributed by atoms with van der Waals surface area (Å²) in [7, 11) is 1.69. The highest BCUT2D eigenvalue weighted by Crippen LogP contribution is 2.14. The molecule has 0 unspecified atom stereocenters. The molecular formula is C18H27IN4OS. The van der Waals surface area contributed by atoms with Gasteiger partial charge in [-0.25, -0.2) is 9.98 Å². The third-order valence-electron chi connectivity index (χ3n) is 3.51. The molecule has 0 radical (unpaired) electrons. The largest absolute Gasteiger partial charge is 0.497 e. The molecule has 0 amide bonds. The standard InChI is InChI=1S/C18H26N4OS.HI/c1-4-16-12-21-17(24-16)13-22-18(19-5-2)20-10-9-14-7-6-8-15(11-14)23-3;/h6-8,11-12H,4-5,9-10,13H2,1-3H3,(H2,19,20,22);1H. The van der Waals surface area contributed by atoms with Gasteiger partial charge in [-0.15, -0.1) is 35.3 Å². The number of aromatic nitrogens is 1. The Hall–Kier alpha value is -1.35. The van der Waals surface area contributed by atoms with Crippen molar-refractivity contribution in [3.05, 3.63) is 45.9 Å². The number of hydrogen-bond donors (Lipinski definition) is 2. The quantitative estimate of drug-likeness (QED) is 0.349. The smallest absolute Gasteiger partial charge is 0.191 e. The maximum atomic E-state index is 5.26. The first kappa shape index (κ1) is 21.7. The van der Waals surface area contributed by atoms with E-state index in [1.54, 1.807) is 18.4 Å². The van der Waals surface area contributed by atoms with Crippen molar-refractivity contribution < 1.29 is 4.74 Å². The van der Waals surface area contributed by atoms with Crippen molar-refractivity contribution in [2.24, 2.45) is 4.99 Å². The lowest BCUT2D eigenvalue weighted by Crippen LogP contribution is -2.38. The average molecular weight is 474 g/mol. The van der Waals surface area contributed by atoms with Gasteiger partial charge >= 0.3 is 0 Å². The molecule has 2 N–H and O–H groups in total. The second-order valence-corrected chi connectivity index (χ2v) is 6.50. The van der Waals surface area contributed by atoms with Gasteiger partial charge in [0.1, 0.15) is 10.8 Å². The van der Waals surface area contributed by atoms with Gasteiger partial charge in [-0.05, 0) is 37.5 Å². The minimum atomic E-state index is 0. The van der Waals surface area contributed by atoms with Gasteiger partial charge in [0.2, 0.25) is 0 Å². The van der Waals surface area contributed by atoms with E-state index in [1.165, 1.54) is 10.4 Å². The first-order valence-electron chi connectivity index (χ1n) is 8.33. The molecule has 1 aromatic carbocycles. The predicted octanol–water partition coefficient (Wildman–Crippen LogP) is 3.63. The van der Waals surface area contributed by atoms with Gasteiger partial charge in [-0.3, -0.25) is 0 Å². The van der Waals surface area contributed by atoms with Crippen LogP contribution in [0.1, 0.15) is 29.3 Å². The monoisotopic (exact) mass is 474 g/mol. The second-order valence-electron chi connectivity index (χ2n) is 5.30. The van der Waals surface area contributed by atoms with Crippen molar-refractivity contribution in [1.29, 1.82) is 0 Å². The summed E-state index contributed by atoms with van der Waals surface area (Å²) in [5.41, 5.74) is 1.24. The van der Waals surface area contributed by atoms with E-state index in [0.717, 1.165) is 42.6 Å². The zero-order valence-electron chi connectivity index (χ0n) is 15.0. The number of methoxy groups -OCH3 is 1. The molecule has 7 heteroatoms. The summed E-state index contributed by atoms with van der Waals surface area (Å²) in [6.07, 6.45) is 3.89. The molecule has 0 aliphatic carbocycles. The Bertz CT molecular complexity index is 660. The SMILES string of the molecule is CCNC(=NCc1ncc(CC)s1)NCCc1cccc(OC)c1.I. The summed E-state index contributed by atoms with van der Waals surface area (Å²) in [6, 6.07) is 8.14. The molecule has 2 rings (SSSR count). The fourth-order valence-corrected chi connectivity index (χ4v) is 3.01. The van der Waals surface area contributed by atoms with Crippen molar-refractivity contribution in [1.82, 2.24) is 15.6 Å². The normalized spacial score (nSPS) is 10.9. The minimum absolute atomic E-state index is 0. The first-order valence-corrected chi connectivity index (χ1v) is 9.15. The van der Waals surface area contributed by atoms with Gasteiger partial charge in [0.15, 0.2) is 5.96 Å². The number of rotatable bonds is 8. The number of aryl methyl sites for hydroxylation is 1. The number of halogens is 1. The Morgan fingerprint density at radius 1 is 1.28 bits per heavy atom. The molecule has 0 saturated heterocycles. The molecule has 1 heterocycles. The van der Waals surface area contributed by atoms with E-state index in [-0.39, 0.29) is 24.0 Å². The van der Waals surface area contributed by atoms with E-state index in [4.69, 9.17) is 4.74 Å². The maximum absolute atomic E-state index is 5.26. The van der Waals surface area contributed by atoms with E-state index < -0.39 is 0 Å². The molecule has 0 spiro atoms.